The molecule has 0 bridgehead atoms. The summed E-state index contributed by atoms with van der Waals surface area (Å²) in [6, 6.07) is -0.550. The number of amides is 1. The van der Waals surface area contributed by atoms with Crippen LogP contribution in [0.15, 0.2) is 24.3 Å². The lowest BCUT2D eigenvalue weighted by Crippen LogP contribution is -2.45. The van der Waals surface area contributed by atoms with Crippen molar-refractivity contribution in [1.29, 1.82) is 0 Å². The Hall–Kier alpha value is -1.66. The first-order valence-corrected chi connectivity index (χ1v) is 24.6. The van der Waals surface area contributed by atoms with Gasteiger partial charge in [-0.2, -0.15) is 0 Å². The Bertz CT molecular complexity index is 874. The van der Waals surface area contributed by atoms with Gasteiger partial charge in [0.15, 0.2) is 0 Å². The van der Waals surface area contributed by atoms with Gasteiger partial charge in [-0.3, -0.25) is 9.59 Å². The quantitative estimate of drug-likeness (QED) is 0.0324. The molecule has 6 nitrogen and oxygen atoms in total. The van der Waals surface area contributed by atoms with E-state index < -0.39 is 12.1 Å². The Labute approximate surface area is 348 Å². The summed E-state index contributed by atoms with van der Waals surface area (Å²) in [5.41, 5.74) is 0. The highest BCUT2D eigenvalue weighted by Gasteiger charge is 2.20. The molecule has 0 fully saturated rings. The Morgan fingerprint density at radius 1 is 0.500 bits per heavy atom. The summed E-state index contributed by atoms with van der Waals surface area (Å²) in [4.78, 5) is 24.4. The molecule has 3 N–H and O–H groups in total. The maximum atomic E-state index is 12.4. The fraction of sp³-hybridized carbons (Fsp3) is 0.880. The second-order valence-corrected chi connectivity index (χ2v) is 16.8. The molecule has 0 aromatic rings. The average Bonchev–Trinajstić information content (AvgIpc) is 3.20. The molecule has 2 unspecified atom stereocenters. The Kier molecular flexibility index (Phi) is 44.7. The number of rotatable bonds is 45. The summed E-state index contributed by atoms with van der Waals surface area (Å²) in [7, 11) is 0. The Morgan fingerprint density at radius 3 is 1.41 bits per heavy atom. The topological polar surface area (TPSA) is 95.9 Å². The van der Waals surface area contributed by atoms with E-state index in [1.165, 1.54) is 161 Å². The normalized spacial score (nSPS) is 12.9. The third-order valence-corrected chi connectivity index (χ3v) is 11.3. The number of aliphatic hydroxyl groups excluding tert-OH is 2. The number of esters is 1. The minimum absolute atomic E-state index is 0.0204. The molecule has 0 heterocycles. The number of carbonyl (C=O) groups is 2. The van der Waals surface area contributed by atoms with E-state index in [1.807, 2.05) is 0 Å². The molecule has 0 saturated carbocycles. The van der Waals surface area contributed by atoms with Crippen molar-refractivity contribution in [2.75, 3.05) is 13.2 Å². The summed E-state index contributed by atoms with van der Waals surface area (Å²) in [5.74, 6) is -0.0700. The van der Waals surface area contributed by atoms with Gasteiger partial charge in [0.1, 0.15) is 0 Å². The highest BCUT2D eigenvalue weighted by Crippen LogP contribution is 2.16. The molecular weight excluding hydrogens is 695 g/mol. The van der Waals surface area contributed by atoms with Crippen molar-refractivity contribution in [3.05, 3.63) is 24.3 Å². The number of hydrogen-bond acceptors (Lipinski definition) is 5. The van der Waals surface area contributed by atoms with Crippen LogP contribution >= 0.6 is 0 Å². The second kappa shape index (κ2) is 46.0. The molecule has 0 saturated heterocycles. The Morgan fingerprint density at radius 2 is 0.911 bits per heavy atom. The van der Waals surface area contributed by atoms with Crippen LogP contribution in [-0.2, 0) is 14.3 Å². The average molecular weight is 790 g/mol. The van der Waals surface area contributed by atoms with Crippen molar-refractivity contribution in [3.8, 4) is 0 Å². The third kappa shape index (κ3) is 42.0. The minimum Gasteiger partial charge on any atom is -0.466 e. The fourth-order valence-electron chi connectivity index (χ4n) is 7.42. The maximum absolute atomic E-state index is 12.4. The van der Waals surface area contributed by atoms with Gasteiger partial charge < -0.3 is 20.3 Å². The number of unbranched alkanes of at least 4 members (excludes halogenated alkanes) is 30. The van der Waals surface area contributed by atoms with Gasteiger partial charge in [-0.15, -0.1) is 0 Å². The van der Waals surface area contributed by atoms with Crippen molar-refractivity contribution in [2.45, 2.75) is 270 Å². The van der Waals surface area contributed by atoms with Gasteiger partial charge in [0.2, 0.25) is 5.91 Å². The van der Waals surface area contributed by atoms with Crippen LogP contribution in [0.2, 0.25) is 0 Å². The number of ether oxygens (including phenoxy) is 1. The molecule has 0 rings (SSSR count). The van der Waals surface area contributed by atoms with Crippen LogP contribution in [-0.4, -0.2) is 47.4 Å². The van der Waals surface area contributed by atoms with E-state index in [0.717, 1.165) is 64.2 Å². The van der Waals surface area contributed by atoms with Gasteiger partial charge in [-0.05, 0) is 51.4 Å². The van der Waals surface area contributed by atoms with Gasteiger partial charge in [-0.1, -0.05) is 218 Å². The fourth-order valence-corrected chi connectivity index (χ4v) is 7.42. The van der Waals surface area contributed by atoms with Crippen LogP contribution in [0.5, 0.6) is 0 Å². The number of allylic oxidation sites excluding steroid dienone is 4. The largest absolute Gasteiger partial charge is 0.466 e. The lowest BCUT2D eigenvalue weighted by molar-refractivity contribution is -0.143. The summed E-state index contributed by atoms with van der Waals surface area (Å²) in [6.45, 7) is 4.87. The number of hydrogen-bond donors (Lipinski definition) is 3. The maximum Gasteiger partial charge on any atom is 0.305 e. The van der Waals surface area contributed by atoms with E-state index in [2.05, 4.69) is 43.5 Å². The standard InChI is InChI=1S/C50H95NO5/c1-3-5-7-9-11-13-15-17-20-24-28-32-36-40-44-50(55)56-45-41-37-33-29-25-21-18-19-23-27-31-35-39-43-49(54)51-47(46-52)48(53)42-38-34-30-26-22-16-14-12-10-8-6-4-2/h9,11,15,17,47-48,52-53H,3-8,10,12-14,16,18-46H2,1-2H3,(H,51,54)/b11-9-,17-15-. The van der Waals surface area contributed by atoms with Gasteiger partial charge in [0.25, 0.3) is 0 Å². The lowest BCUT2D eigenvalue weighted by atomic mass is 10.0. The molecule has 1 amide bonds. The lowest BCUT2D eigenvalue weighted by Gasteiger charge is -2.22. The highest BCUT2D eigenvalue weighted by atomic mass is 16.5. The van der Waals surface area contributed by atoms with Crippen LogP contribution in [0.3, 0.4) is 0 Å². The second-order valence-electron chi connectivity index (χ2n) is 16.8. The van der Waals surface area contributed by atoms with Crippen LogP contribution < -0.4 is 5.32 Å². The van der Waals surface area contributed by atoms with Crippen LogP contribution in [0.25, 0.3) is 0 Å². The minimum atomic E-state index is -0.672. The number of aliphatic hydroxyl groups is 2. The zero-order chi connectivity index (χ0) is 40.8. The molecule has 330 valence electrons. The Balaban J connectivity index is 3.46. The molecule has 0 aromatic carbocycles. The van der Waals surface area contributed by atoms with E-state index in [4.69, 9.17) is 4.74 Å². The molecule has 0 aliphatic carbocycles. The molecule has 0 spiro atoms. The number of nitrogens with one attached hydrogen (secondary N) is 1. The van der Waals surface area contributed by atoms with Crippen molar-refractivity contribution in [2.24, 2.45) is 0 Å². The SMILES string of the molecule is CCCC/C=C\C/C=C\CCCCCCCC(=O)OCCCCCCCCCCCCCCCC(=O)NC(CO)C(O)CCCCCCCCCCCCCC. The molecule has 56 heavy (non-hydrogen) atoms. The predicted octanol–water partition coefficient (Wildman–Crippen LogP) is 14.3. The predicted molar refractivity (Wildman–Crippen MR) is 241 cm³/mol. The summed E-state index contributed by atoms with van der Waals surface area (Å²) < 4.78 is 5.45. The van der Waals surface area contributed by atoms with Gasteiger partial charge in [-0.25, -0.2) is 0 Å². The molecule has 0 aliphatic heterocycles. The first-order chi connectivity index (χ1) is 27.5. The first-order valence-electron chi connectivity index (χ1n) is 24.6. The molecular formula is C50H95NO5. The third-order valence-electron chi connectivity index (χ3n) is 11.3. The van der Waals surface area contributed by atoms with Crippen molar-refractivity contribution >= 4 is 11.9 Å². The van der Waals surface area contributed by atoms with Crippen LogP contribution in [0, 0.1) is 0 Å². The van der Waals surface area contributed by atoms with E-state index in [-0.39, 0.29) is 18.5 Å². The summed E-state index contributed by atoms with van der Waals surface area (Å²) in [6.07, 6.45) is 52.8. The van der Waals surface area contributed by atoms with Crippen molar-refractivity contribution < 1.29 is 24.5 Å². The van der Waals surface area contributed by atoms with Crippen molar-refractivity contribution in [3.63, 3.8) is 0 Å². The molecule has 6 heteroatoms. The molecule has 0 aromatic heterocycles. The van der Waals surface area contributed by atoms with Crippen LogP contribution in [0.4, 0.5) is 0 Å². The first kappa shape index (κ1) is 54.3. The monoisotopic (exact) mass is 790 g/mol. The van der Waals surface area contributed by atoms with Gasteiger partial charge >= 0.3 is 5.97 Å². The van der Waals surface area contributed by atoms with E-state index in [1.54, 1.807) is 0 Å². The van der Waals surface area contributed by atoms with Crippen LogP contribution in [0.1, 0.15) is 258 Å². The van der Waals surface area contributed by atoms with Crippen molar-refractivity contribution in [1.82, 2.24) is 5.32 Å². The molecule has 0 radical (unpaired) electrons. The molecule has 0 aliphatic rings. The summed E-state index contributed by atoms with van der Waals surface area (Å²) in [5, 5.41) is 23.1. The number of carbonyl (C=O) groups excluding carboxylic acids is 2. The van der Waals surface area contributed by atoms with E-state index in [0.29, 0.717) is 25.9 Å². The smallest absolute Gasteiger partial charge is 0.305 e. The molecule has 2 atom stereocenters. The zero-order valence-corrected chi connectivity index (χ0v) is 37.4. The highest BCUT2D eigenvalue weighted by molar-refractivity contribution is 5.76. The summed E-state index contributed by atoms with van der Waals surface area (Å²) >= 11 is 0. The zero-order valence-electron chi connectivity index (χ0n) is 37.4. The van der Waals surface area contributed by atoms with E-state index in [9.17, 15) is 19.8 Å². The van der Waals surface area contributed by atoms with Gasteiger partial charge in [0, 0.05) is 12.8 Å². The van der Waals surface area contributed by atoms with E-state index >= 15 is 0 Å². The van der Waals surface area contributed by atoms with Gasteiger partial charge in [0.05, 0.1) is 25.4 Å².